The van der Waals surface area contributed by atoms with Crippen molar-refractivity contribution in [3.05, 3.63) is 75.2 Å². The van der Waals surface area contributed by atoms with E-state index in [-0.39, 0.29) is 48.9 Å². The summed E-state index contributed by atoms with van der Waals surface area (Å²) in [4.78, 5) is 53.6. The summed E-state index contributed by atoms with van der Waals surface area (Å²) >= 11 is 0. The Balaban J connectivity index is 1.15. The number of likely N-dealkylation sites (tertiary alicyclic amines) is 1. The molecule has 2 aromatic heterocycles. The minimum Gasteiger partial charge on any atom is -0.491 e. The molecular weight excluding hydrogens is 576 g/mol. The topological polar surface area (TPSA) is 164 Å². The molecule has 0 radical (unpaired) electrons. The number of imide groups is 1. The molecule has 0 saturated carbocycles. The van der Waals surface area contributed by atoms with Gasteiger partial charge in [0, 0.05) is 25.8 Å². The van der Waals surface area contributed by atoms with Gasteiger partial charge in [-0.2, -0.15) is 0 Å². The van der Waals surface area contributed by atoms with E-state index >= 15 is 0 Å². The van der Waals surface area contributed by atoms with Crippen LogP contribution < -0.4 is 15.6 Å². The van der Waals surface area contributed by atoms with Crippen LogP contribution in [0.2, 0.25) is 0 Å². The van der Waals surface area contributed by atoms with Crippen LogP contribution in [0.1, 0.15) is 44.7 Å². The fourth-order valence-electron chi connectivity index (χ4n) is 6.17. The van der Waals surface area contributed by atoms with Crippen molar-refractivity contribution < 1.29 is 24.5 Å². The second-order valence-electron chi connectivity index (χ2n) is 11.9. The first-order valence-corrected chi connectivity index (χ1v) is 15.3. The number of fused-ring (bicyclic) bond motifs is 2. The number of hydrogen-bond donors (Lipinski definition) is 5. The standard InChI is InChI=1S/C33H38N6O6/c1-19-3-4-28(20(2)13-19)45-18-22(41)16-35-25-5-8-34-31(42)29(25)30-36-26-14-23-24(15-27(26)37-30)33(44)39(32(23)43)17-21-6-9-38(10-7-21)11-12-40/h3-5,8,13-15,21-22,40-41H,6-7,9-12,16-18H2,1-2H3,(H,36,37)(H2,34,35,42). The third-order valence-corrected chi connectivity index (χ3v) is 8.62. The van der Waals surface area contributed by atoms with Gasteiger partial charge in [-0.3, -0.25) is 19.3 Å². The lowest BCUT2D eigenvalue weighted by molar-refractivity contribution is 0.0593. The van der Waals surface area contributed by atoms with Crippen molar-refractivity contribution >= 4 is 28.5 Å². The number of nitrogens with one attached hydrogen (secondary N) is 3. The predicted molar refractivity (Wildman–Crippen MR) is 170 cm³/mol. The normalized spacial score (nSPS) is 16.4. The molecule has 4 heterocycles. The number of imidazole rings is 1. The van der Waals surface area contributed by atoms with E-state index in [0.717, 1.165) is 37.1 Å². The molecule has 45 heavy (non-hydrogen) atoms. The summed E-state index contributed by atoms with van der Waals surface area (Å²) in [5.74, 6) is 0.513. The molecule has 6 rings (SSSR count). The van der Waals surface area contributed by atoms with Crippen molar-refractivity contribution in [2.24, 2.45) is 5.92 Å². The van der Waals surface area contributed by atoms with Crippen molar-refractivity contribution in [1.29, 1.82) is 0 Å². The van der Waals surface area contributed by atoms with Gasteiger partial charge < -0.3 is 35.1 Å². The van der Waals surface area contributed by atoms with Crippen molar-refractivity contribution in [1.82, 2.24) is 24.8 Å². The Labute approximate surface area is 260 Å². The van der Waals surface area contributed by atoms with E-state index in [9.17, 15) is 24.6 Å². The zero-order valence-electron chi connectivity index (χ0n) is 25.4. The number of rotatable bonds is 11. The van der Waals surface area contributed by atoms with E-state index in [1.807, 2.05) is 32.0 Å². The molecule has 1 unspecified atom stereocenters. The number of piperidine rings is 1. The number of amides is 2. The Bertz CT molecular complexity index is 1740. The van der Waals surface area contributed by atoms with Crippen LogP contribution in [-0.4, -0.2) is 98.8 Å². The monoisotopic (exact) mass is 614 g/mol. The smallest absolute Gasteiger partial charge is 0.261 e. The van der Waals surface area contributed by atoms with Crippen molar-refractivity contribution in [2.45, 2.75) is 32.8 Å². The van der Waals surface area contributed by atoms with Gasteiger partial charge >= 0.3 is 0 Å². The van der Waals surface area contributed by atoms with E-state index in [0.29, 0.717) is 46.7 Å². The number of anilines is 1. The zero-order chi connectivity index (χ0) is 31.7. The summed E-state index contributed by atoms with van der Waals surface area (Å²) in [6.45, 7) is 6.92. The fraction of sp³-hybridized carbons (Fsp3) is 0.394. The highest BCUT2D eigenvalue weighted by atomic mass is 16.5. The first kappa shape index (κ1) is 30.5. The summed E-state index contributed by atoms with van der Waals surface area (Å²) in [6.07, 6.45) is 2.37. The number of carbonyl (C=O) groups excluding carboxylic acids is 2. The molecule has 2 aliphatic heterocycles. The number of aryl methyl sites for hydroxylation is 2. The molecule has 2 amide bonds. The minimum atomic E-state index is -0.857. The lowest BCUT2D eigenvalue weighted by atomic mass is 9.96. The number of hydrogen-bond acceptors (Lipinski definition) is 9. The quantitative estimate of drug-likeness (QED) is 0.160. The number of nitrogens with zero attached hydrogens (tertiary/aromatic N) is 3. The SMILES string of the molecule is Cc1ccc(OCC(O)CNc2cc[nH]c(=O)c2-c2nc3cc4c(cc3[nH]2)C(=O)N(CC2CCN(CCO)CC2)C4=O)c(C)c1. The van der Waals surface area contributed by atoms with E-state index in [2.05, 4.69) is 25.2 Å². The second-order valence-corrected chi connectivity index (χ2v) is 11.9. The number of aliphatic hydroxyl groups is 2. The van der Waals surface area contributed by atoms with Gasteiger partial charge in [0.15, 0.2) is 0 Å². The number of ether oxygens (including phenoxy) is 1. The third kappa shape index (κ3) is 6.35. The molecular formula is C33H38N6O6. The third-order valence-electron chi connectivity index (χ3n) is 8.62. The van der Waals surface area contributed by atoms with Crippen molar-refractivity contribution in [3.8, 4) is 17.1 Å². The summed E-state index contributed by atoms with van der Waals surface area (Å²) in [6, 6.07) is 10.8. The van der Waals surface area contributed by atoms with E-state index in [1.54, 1.807) is 18.2 Å². The Morgan fingerprint density at radius 2 is 1.82 bits per heavy atom. The maximum Gasteiger partial charge on any atom is 0.261 e. The number of pyridine rings is 1. The summed E-state index contributed by atoms with van der Waals surface area (Å²) < 4.78 is 5.79. The van der Waals surface area contributed by atoms with Crippen molar-refractivity contribution in [3.63, 3.8) is 0 Å². The van der Waals surface area contributed by atoms with Gasteiger partial charge in [0.2, 0.25) is 0 Å². The van der Waals surface area contributed by atoms with Gasteiger partial charge in [0.25, 0.3) is 17.4 Å². The van der Waals surface area contributed by atoms with Crippen LogP contribution in [0.4, 0.5) is 5.69 Å². The molecule has 1 atom stereocenters. The molecule has 2 aromatic carbocycles. The average Bonchev–Trinajstić information content (AvgIpc) is 3.53. The number of aliphatic hydroxyl groups excluding tert-OH is 2. The Hall–Kier alpha value is -4.52. The van der Waals surface area contributed by atoms with Crippen LogP contribution in [0.5, 0.6) is 5.75 Å². The summed E-state index contributed by atoms with van der Waals surface area (Å²) in [5, 5.41) is 22.9. The fourth-order valence-corrected chi connectivity index (χ4v) is 6.17. The highest BCUT2D eigenvalue weighted by Crippen LogP contribution is 2.31. The van der Waals surface area contributed by atoms with Gasteiger partial charge in [-0.25, -0.2) is 4.98 Å². The number of aromatic amines is 2. The molecule has 12 heteroatoms. The largest absolute Gasteiger partial charge is 0.491 e. The Morgan fingerprint density at radius 1 is 1.07 bits per heavy atom. The highest BCUT2D eigenvalue weighted by molar-refractivity contribution is 6.22. The van der Waals surface area contributed by atoms with Crippen molar-refractivity contribution in [2.75, 3.05) is 51.3 Å². The Kier molecular flexibility index (Phi) is 8.70. The molecule has 2 aliphatic rings. The lowest BCUT2D eigenvalue weighted by Gasteiger charge is -2.32. The first-order valence-electron chi connectivity index (χ1n) is 15.3. The molecule has 4 aromatic rings. The minimum absolute atomic E-state index is 0.0631. The Morgan fingerprint density at radius 3 is 2.56 bits per heavy atom. The highest BCUT2D eigenvalue weighted by Gasteiger charge is 2.38. The van der Waals surface area contributed by atoms with Gasteiger partial charge in [0.1, 0.15) is 29.8 Å². The van der Waals surface area contributed by atoms with E-state index in [1.165, 1.54) is 11.1 Å². The maximum absolute atomic E-state index is 13.3. The molecule has 0 bridgehead atoms. The summed E-state index contributed by atoms with van der Waals surface area (Å²) in [5.41, 5.74) is 4.01. The first-order chi connectivity index (χ1) is 21.7. The van der Waals surface area contributed by atoms with Crippen LogP contribution >= 0.6 is 0 Å². The number of benzene rings is 2. The van der Waals surface area contributed by atoms with Crippen LogP contribution in [0.15, 0.2) is 47.4 Å². The number of β-amino-alcohol motifs (C(OH)–C–C–N with tert-alkyl or cyclic N) is 1. The molecule has 1 saturated heterocycles. The molecule has 12 nitrogen and oxygen atoms in total. The van der Waals surface area contributed by atoms with Gasteiger partial charge in [-0.1, -0.05) is 17.7 Å². The van der Waals surface area contributed by atoms with Crippen LogP contribution in [-0.2, 0) is 0 Å². The number of carbonyl (C=O) groups is 2. The number of H-pyrrole nitrogens is 2. The van der Waals surface area contributed by atoms with E-state index in [4.69, 9.17) is 4.74 Å². The predicted octanol–water partition coefficient (Wildman–Crippen LogP) is 2.69. The second kappa shape index (κ2) is 12.8. The number of aromatic nitrogens is 3. The van der Waals surface area contributed by atoms with Gasteiger partial charge in [0.05, 0.1) is 34.5 Å². The maximum atomic E-state index is 13.3. The molecule has 1 fully saturated rings. The van der Waals surface area contributed by atoms with Gasteiger partial charge in [-0.05, 0) is 75.5 Å². The zero-order valence-corrected chi connectivity index (χ0v) is 25.4. The average molecular weight is 615 g/mol. The van der Waals surface area contributed by atoms with Crippen LogP contribution in [0.3, 0.4) is 0 Å². The molecule has 5 N–H and O–H groups in total. The molecule has 0 aliphatic carbocycles. The summed E-state index contributed by atoms with van der Waals surface area (Å²) in [7, 11) is 0. The lowest BCUT2D eigenvalue weighted by Crippen LogP contribution is -2.41. The molecule has 236 valence electrons. The van der Waals surface area contributed by atoms with Crippen LogP contribution in [0, 0.1) is 19.8 Å². The van der Waals surface area contributed by atoms with E-state index < -0.39 is 11.7 Å². The molecule has 0 spiro atoms. The van der Waals surface area contributed by atoms with Gasteiger partial charge in [-0.15, -0.1) is 0 Å². The van der Waals surface area contributed by atoms with Crippen LogP contribution in [0.25, 0.3) is 22.4 Å².